The van der Waals surface area contributed by atoms with E-state index in [1.807, 2.05) is 0 Å². The molecule has 0 fully saturated rings. The van der Waals surface area contributed by atoms with Crippen molar-refractivity contribution in [3.63, 3.8) is 0 Å². The monoisotopic (exact) mass is 344 g/mol. The number of para-hydroxylation sites is 1. The van der Waals surface area contributed by atoms with Gasteiger partial charge in [-0.05, 0) is 6.07 Å². The summed E-state index contributed by atoms with van der Waals surface area (Å²) in [6, 6.07) is 5.54. The van der Waals surface area contributed by atoms with Gasteiger partial charge in [0.25, 0.3) is 0 Å². The molecule has 0 unspecified atom stereocenters. The molecule has 0 saturated carbocycles. The summed E-state index contributed by atoms with van der Waals surface area (Å²) in [5.41, 5.74) is -0.178. The minimum absolute atomic E-state index is 0. The van der Waals surface area contributed by atoms with Gasteiger partial charge < -0.3 is 28.9 Å². The molecule has 0 aliphatic carbocycles. The predicted octanol–water partition coefficient (Wildman–Crippen LogP) is -3.86. The van der Waals surface area contributed by atoms with E-state index in [9.17, 15) is 9.90 Å². The number of hydrogen-bond acceptors (Lipinski definition) is 6. The Kier molecular flexibility index (Phi) is 16.9. The van der Waals surface area contributed by atoms with Crippen LogP contribution in [0, 0.1) is 0 Å². The van der Waals surface area contributed by atoms with E-state index in [2.05, 4.69) is 21.1 Å². The standard InChI is InChI=1S/C7H6O3.C5H14NO.Na.H2O3S/c8-6-4-2-1-3-5(6)7(9)10;1-6(2,3)4-5-7;;1-4(2)3/h1-4,8H,(H,9,10);7H,4-5H2,1-3H3;;(H2,1,2,3)/q;2*+1;/p-3. The van der Waals surface area contributed by atoms with E-state index in [0.717, 1.165) is 11.0 Å². The molecule has 0 heterocycles. The molecule has 0 saturated heterocycles. The molecule has 10 heteroatoms. The number of aliphatic hydroxyl groups is 1. The second-order valence-electron chi connectivity index (χ2n) is 4.74. The molecule has 1 aromatic carbocycles. The molecule has 122 valence electrons. The molecule has 2 N–H and O–H groups in total. The molecule has 0 radical (unpaired) electrons. The van der Waals surface area contributed by atoms with Crippen LogP contribution in [0.3, 0.4) is 0 Å². The van der Waals surface area contributed by atoms with Crippen molar-refractivity contribution in [3.8, 4) is 5.75 Å². The number of rotatable bonds is 3. The zero-order chi connectivity index (χ0) is 17.1. The Hall–Kier alpha value is -0.520. The molecular formula is C12H19NNaO7S-. The second kappa shape index (κ2) is 14.1. The van der Waals surface area contributed by atoms with Crippen molar-refractivity contribution in [3.05, 3.63) is 29.8 Å². The average molecular weight is 344 g/mol. The van der Waals surface area contributed by atoms with Gasteiger partial charge in [-0.25, -0.2) is 4.79 Å². The first kappa shape index (κ1) is 26.4. The second-order valence-corrected chi connectivity index (χ2v) is 5.15. The Bertz CT molecular complexity index is 447. The predicted molar refractivity (Wildman–Crippen MR) is 72.5 cm³/mol. The first-order valence-corrected chi connectivity index (χ1v) is 6.68. The molecule has 0 atom stereocenters. The third-order valence-corrected chi connectivity index (χ3v) is 1.89. The summed E-state index contributed by atoms with van der Waals surface area (Å²) in [4.78, 5) is 10.2. The fourth-order valence-corrected chi connectivity index (χ4v) is 0.943. The van der Waals surface area contributed by atoms with Crippen LogP contribution >= 0.6 is 0 Å². The summed E-state index contributed by atoms with van der Waals surface area (Å²) < 4.78 is 26.2. The molecule has 0 amide bonds. The molecule has 0 bridgehead atoms. The maximum atomic E-state index is 10.7. The molecule has 0 aliphatic rings. The average Bonchev–Trinajstić information content (AvgIpc) is 2.27. The summed E-state index contributed by atoms with van der Waals surface area (Å²) in [5.74, 6) is -1.62. The number of aliphatic hydroxyl groups excluding tert-OH is 1. The molecule has 1 rings (SSSR count). The number of carbonyl (C=O) groups is 1. The molecule has 22 heavy (non-hydrogen) atoms. The summed E-state index contributed by atoms with van der Waals surface area (Å²) in [6.45, 7) is 1.11. The van der Waals surface area contributed by atoms with Crippen LogP contribution < -0.4 is 34.7 Å². The van der Waals surface area contributed by atoms with E-state index < -0.39 is 23.1 Å². The van der Waals surface area contributed by atoms with Gasteiger partial charge in [0.2, 0.25) is 0 Å². The number of aromatic carboxylic acids is 1. The van der Waals surface area contributed by atoms with Gasteiger partial charge >= 0.3 is 35.5 Å². The molecule has 0 aliphatic heterocycles. The van der Waals surface area contributed by atoms with Crippen LogP contribution in [-0.4, -0.2) is 68.3 Å². The van der Waals surface area contributed by atoms with Crippen molar-refractivity contribution in [1.82, 2.24) is 0 Å². The van der Waals surface area contributed by atoms with Gasteiger partial charge in [-0.2, -0.15) is 0 Å². The van der Waals surface area contributed by atoms with Crippen molar-refractivity contribution in [2.45, 2.75) is 0 Å². The Morgan fingerprint density at radius 2 is 1.64 bits per heavy atom. The summed E-state index contributed by atoms with van der Waals surface area (Å²) >= 11 is -3.11. The van der Waals surface area contributed by atoms with Crippen molar-refractivity contribution in [1.29, 1.82) is 0 Å². The minimum Gasteiger partial charge on any atom is -0.872 e. The number of hydrogen-bond donors (Lipinski definition) is 2. The van der Waals surface area contributed by atoms with Crippen LogP contribution in [0.5, 0.6) is 5.75 Å². The topological polar surface area (TPSA) is 144 Å². The van der Waals surface area contributed by atoms with Crippen molar-refractivity contribution < 1.29 is 67.5 Å². The third-order valence-electron chi connectivity index (χ3n) is 1.89. The fraction of sp³-hybridized carbons (Fsp3) is 0.417. The molecular weight excluding hydrogens is 325 g/mol. The largest absolute Gasteiger partial charge is 1.00 e. The van der Waals surface area contributed by atoms with Crippen LogP contribution in [0.2, 0.25) is 0 Å². The summed E-state index contributed by atoms with van der Waals surface area (Å²) in [6.07, 6.45) is 0. The molecule has 1 aromatic rings. The minimum atomic E-state index is -3.11. The van der Waals surface area contributed by atoms with Gasteiger partial charge in [-0.1, -0.05) is 23.9 Å². The fourth-order valence-electron chi connectivity index (χ4n) is 0.943. The number of quaternary nitrogens is 1. The van der Waals surface area contributed by atoms with Gasteiger partial charge in [-0.15, -0.1) is 11.4 Å². The van der Waals surface area contributed by atoms with Crippen molar-refractivity contribution in [2.75, 3.05) is 34.3 Å². The van der Waals surface area contributed by atoms with Gasteiger partial charge in [-0.3, -0.25) is 4.21 Å². The van der Waals surface area contributed by atoms with Crippen LogP contribution in [0.15, 0.2) is 24.3 Å². The number of likely N-dealkylation sites (N-methyl/N-ethyl adjacent to an activating group) is 1. The van der Waals surface area contributed by atoms with Gasteiger partial charge in [0.05, 0.1) is 33.3 Å². The third kappa shape index (κ3) is 19.5. The molecule has 8 nitrogen and oxygen atoms in total. The van der Waals surface area contributed by atoms with E-state index in [-0.39, 0.29) is 41.7 Å². The summed E-state index contributed by atoms with van der Waals surface area (Å²) in [5, 5.41) is 27.4. The Balaban J connectivity index is -0.000000266. The van der Waals surface area contributed by atoms with Gasteiger partial charge in [0.1, 0.15) is 6.54 Å². The van der Waals surface area contributed by atoms with E-state index >= 15 is 0 Å². The van der Waals surface area contributed by atoms with Crippen LogP contribution in [0.4, 0.5) is 0 Å². The quantitative estimate of drug-likeness (QED) is 0.324. The molecule has 0 aromatic heterocycles. The number of nitrogens with zero attached hydrogens (tertiary/aromatic N) is 1. The first-order chi connectivity index (χ1) is 9.51. The van der Waals surface area contributed by atoms with Crippen LogP contribution in [-0.2, 0) is 11.4 Å². The Morgan fingerprint density at radius 1 is 1.23 bits per heavy atom. The van der Waals surface area contributed by atoms with Crippen molar-refractivity contribution >= 4 is 17.3 Å². The number of benzene rings is 1. The van der Waals surface area contributed by atoms with E-state index in [4.69, 9.17) is 23.5 Å². The van der Waals surface area contributed by atoms with E-state index in [1.54, 1.807) is 0 Å². The van der Waals surface area contributed by atoms with Gasteiger partial charge in [0.15, 0.2) is 0 Å². The zero-order valence-electron chi connectivity index (χ0n) is 13.0. The maximum Gasteiger partial charge on any atom is 1.00 e. The van der Waals surface area contributed by atoms with E-state index in [0.29, 0.717) is 0 Å². The normalized spacial score (nSPS) is 9.59. The van der Waals surface area contributed by atoms with Crippen LogP contribution in [0.25, 0.3) is 0 Å². The Labute approximate surface area is 154 Å². The Morgan fingerprint density at radius 3 is 1.82 bits per heavy atom. The molecule has 0 spiro atoms. The zero-order valence-corrected chi connectivity index (χ0v) is 15.8. The van der Waals surface area contributed by atoms with Gasteiger partial charge in [0, 0.05) is 0 Å². The van der Waals surface area contributed by atoms with Crippen LogP contribution in [0.1, 0.15) is 10.4 Å². The maximum absolute atomic E-state index is 10.7. The van der Waals surface area contributed by atoms with E-state index in [1.165, 1.54) is 24.3 Å². The number of carboxylic acid groups (broad SMARTS) is 1. The first-order valence-electron chi connectivity index (χ1n) is 5.68. The summed E-state index contributed by atoms with van der Waals surface area (Å²) in [7, 11) is 6.16. The van der Waals surface area contributed by atoms with Crippen molar-refractivity contribution in [2.24, 2.45) is 0 Å². The SMILES string of the molecule is C[N+](C)(C)CCO.O=C(O)c1ccccc1[O-].O=S([O-])[O-].[Na+]. The number of carboxylic acids is 1. The smallest absolute Gasteiger partial charge is 0.872 e.